The quantitative estimate of drug-likeness (QED) is 0.839. The number of carbonyl (C=O) groups is 1. The maximum Gasteiger partial charge on any atom is 0.234 e. The summed E-state index contributed by atoms with van der Waals surface area (Å²) in [6, 6.07) is 4.41. The highest BCUT2D eigenvalue weighted by atomic mass is 79.9. The number of nitrogens with one attached hydrogen (secondary N) is 1. The molecule has 94 valence electrons. The molecule has 0 spiro atoms. The fourth-order valence-electron chi connectivity index (χ4n) is 2.45. The Morgan fingerprint density at radius 1 is 1.53 bits per heavy atom. The lowest BCUT2D eigenvalue weighted by molar-refractivity contribution is -0.121. The van der Waals surface area contributed by atoms with Gasteiger partial charge in [0.25, 0.3) is 0 Å². The van der Waals surface area contributed by atoms with Crippen LogP contribution in [0.25, 0.3) is 0 Å². The number of carbonyl (C=O) groups excluding carboxylic acids is 1. The molecule has 1 aliphatic carbocycles. The van der Waals surface area contributed by atoms with Gasteiger partial charge in [0.15, 0.2) is 0 Å². The zero-order valence-electron chi connectivity index (χ0n) is 9.99. The predicted molar refractivity (Wildman–Crippen MR) is 75.5 cm³/mol. The van der Waals surface area contributed by atoms with E-state index in [0.717, 1.165) is 0 Å². The molecule has 0 saturated heterocycles. The van der Waals surface area contributed by atoms with Crippen molar-refractivity contribution in [2.45, 2.75) is 43.5 Å². The van der Waals surface area contributed by atoms with Gasteiger partial charge in [-0.2, -0.15) is 0 Å². The average molecular weight is 316 g/mol. The Kier molecular flexibility index (Phi) is 4.62. The van der Waals surface area contributed by atoms with Crippen LogP contribution in [0, 0.1) is 5.92 Å². The second kappa shape index (κ2) is 6.01. The van der Waals surface area contributed by atoms with Crippen LogP contribution in [0.1, 0.15) is 43.5 Å². The van der Waals surface area contributed by atoms with Crippen LogP contribution in [-0.2, 0) is 4.79 Å². The summed E-state index contributed by atoms with van der Waals surface area (Å²) in [5.41, 5.74) is 0. The number of halogens is 1. The Labute approximate surface area is 115 Å². The lowest BCUT2D eigenvalue weighted by Crippen LogP contribution is -2.36. The van der Waals surface area contributed by atoms with Gasteiger partial charge in [0.05, 0.1) is 10.9 Å². The molecule has 0 aromatic carbocycles. The van der Waals surface area contributed by atoms with E-state index in [4.69, 9.17) is 0 Å². The topological polar surface area (TPSA) is 29.1 Å². The molecule has 0 bridgehead atoms. The van der Waals surface area contributed by atoms with E-state index in [1.165, 1.54) is 30.6 Å². The largest absolute Gasteiger partial charge is 0.347 e. The van der Waals surface area contributed by atoms with Gasteiger partial charge in [-0.1, -0.05) is 34.8 Å². The second-order valence-electron chi connectivity index (χ2n) is 4.66. The number of thiophene rings is 1. The van der Waals surface area contributed by atoms with Gasteiger partial charge in [-0.05, 0) is 37.1 Å². The Balaban J connectivity index is 2.10. The minimum atomic E-state index is -0.119. The van der Waals surface area contributed by atoms with Crippen LogP contribution in [0.3, 0.4) is 0 Å². The first-order chi connectivity index (χ1) is 8.18. The van der Waals surface area contributed by atoms with Gasteiger partial charge in [0.1, 0.15) is 0 Å². The van der Waals surface area contributed by atoms with E-state index in [2.05, 4.69) is 38.8 Å². The van der Waals surface area contributed by atoms with Gasteiger partial charge < -0.3 is 5.32 Å². The summed E-state index contributed by atoms with van der Waals surface area (Å²) in [6.07, 6.45) is 5.07. The van der Waals surface area contributed by atoms with E-state index in [0.29, 0.717) is 5.92 Å². The van der Waals surface area contributed by atoms with Gasteiger partial charge >= 0.3 is 0 Å². The van der Waals surface area contributed by atoms with Crippen LogP contribution in [0.4, 0.5) is 0 Å². The summed E-state index contributed by atoms with van der Waals surface area (Å²) in [4.78, 5) is 13.0. The third-order valence-corrected chi connectivity index (χ3v) is 4.75. The van der Waals surface area contributed by atoms with Crippen molar-refractivity contribution in [3.63, 3.8) is 0 Å². The van der Waals surface area contributed by atoms with E-state index in [-0.39, 0.29) is 16.8 Å². The summed E-state index contributed by atoms with van der Waals surface area (Å²) < 4.78 is 0. The van der Waals surface area contributed by atoms with Crippen molar-refractivity contribution in [2.24, 2.45) is 5.92 Å². The highest BCUT2D eigenvalue weighted by Crippen LogP contribution is 2.37. The lowest BCUT2D eigenvalue weighted by atomic mass is 9.96. The molecule has 1 aliphatic rings. The number of hydrogen-bond acceptors (Lipinski definition) is 2. The molecule has 1 aromatic heterocycles. The minimum absolute atomic E-state index is 0.0929. The molecule has 2 nitrogen and oxygen atoms in total. The molecule has 4 heteroatoms. The van der Waals surface area contributed by atoms with Crippen molar-refractivity contribution >= 4 is 33.2 Å². The van der Waals surface area contributed by atoms with Crippen LogP contribution in [0.15, 0.2) is 17.5 Å². The third kappa shape index (κ3) is 3.32. The summed E-state index contributed by atoms with van der Waals surface area (Å²) in [7, 11) is 0. The molecule has 1 saturated carbocycles. The summed E-state index contributed by atoms with van der Waals surface area (Å²) in [6.45, 7) is 1.87. The molecule has 1 fully saturated rings. The SMILES string of the molecule is CC(Br)C(=O)NC(c1cccs1)C1CCCC1. The molecule has 1 aromatic rings. The minimum Gasteiger partial charge on any atom is -0.347 e. The number of amides is 1. The number of rotatable bonds is 4. The molecular weight excluding hydrogens is 298 g/mol. The van der Waals surface area contributed by atoms with E-state index < -0.39 is 0 Å². The number of hydrogen-bond donors (Lipinski definition) is 1. The fraction of sp³-hybridized carbons (Fsp3) is 0.615. The molecule has 0 aliphatic heterocycles. The van der Waals surface area contributed by atoms with Crippen molar-refractivity contribution in [2.75, 3.05) is 0 Å². The molecule has 1 amide bonds. The van der Waals surface area contributed by atoms with Gasteiger partial charge in [-0.3, -0.25) is 4.79 Å². The lowest BCUT2D eigenvalue weighted by Gasteiger charge is -2.24. The normalized spacial score (nSPS) is 20.1. The first-order valence-corrected chi connectivity index (χ1v) is 7.96. The van der Waals surface area contributed by atoms with Crippen LogP contribution in [-0.4, -0.2) is 10.7 Å². The number of alkyl halides is 1. The van der Waals surface area contributed by atoms with Crippen molar-refractivity contribution in [1.29, 1.82) is 0 Å². The van der Waals surface area contributed by atoms with E-state index in [1.54, 1.807) is 11.3 Å². The fourth-order valence-corrected chi connectivity index (χ4v) is 3.45. The van der Waals surface area contributed by atoms with Gasteiger partial charge in [-0.15, -0.1) is 11.3 Å². The Morgan fingerprint density at radius 3 is 2.76 bits per heavy atom. The maximum absolute atomic E-state index is 11.9. The molecular formula is C13H18BrNOS. The van der Waals surface area contributed by atoms with Crippen LogP contribution >= 0.6 is 27.3 Å². The zero-order chi connectivity index (χ0) is 12.3. The standard InChI is InChI=1S/C13H18BrNOS/c1-9(14)13(16)15-12(10-5-2-3-6-10)11-7-4-8-17-11/h4,7-10,12H,2-3,5-6H2,1H3,(H,15,16). The Morgan fingerprint density at radius 2 is 2.24 bits per heavy atom. The third-order valence-electron chi connectivity index (χ3n) is 3.38. The highest BCUT2D eigenvalue weighted by Gasteiger charge is 2.29. The second-order valence-corrected chi connectivity index (χ2v) is 7.02. The van der Waals surface area contributed by atoms with Gasteiger partial charge in [-0.25, -0.2) is 0 Å². The Hall–Kier alpha value is -0.350. The molecule has 2 rings (SSSR count). The summed E-state index contributed by atoms with van der Waals surface area (Å²) in [5.74, 6) is 0.708. The van der Waals surface area contributed by atoms with Crippen LogP contribution in [0.2, 0.25) is 0 Å². The van der Waals surface area contributed by atoms with E-state index in [1.807, 2.05) is 6.92 Å². The summed E-state index contributed by atoms with van der Waals surface area (Å²) >= 11 is 5.07. The Bertz CT molecular complexity index is 358. The van der Waals surface area contributed by atoms with E-state index >= 15 is 0 Å². The molecule has 17 heavy (non-hydrogen) atoms. The first kappa shape index (κ1) is 13.1. The first-order valence-electron chi connectivity index (χ1n) is 6.16. The van der Waals surface area contributed by atoms with Crippen molar-refractivity contribution in [3.05, 3.63) is 22.4 Å². The highest BCUT2D eigenvalue weighted by molar-refractivity contribution is 9.10. The maximum atomic E-state index is 11.9. The molecule has 2 atom stereocenters. The van der Waals surface area contributed by atoms with Crippen molar-refractivity contribution in [3.8, 4) is 0 Å². The smallest absolute Gasteiger partial charge is 0.234 e. The molecule has 1 heterocycles. The molecule has 0 radical (unpaired) electrons. The van der Waals surface area contributed by atoms with Crippen LogP contribution < -0.4 is 5.32 Å². The van der Waals surface area contributed by atoms with Crippen molar-refractivity contribution in [1.82, 2.24) is 5.32 Å². The van der Waals surface area contributed by atoms with E-state index in [9.17, 15) is 4.79 Å². The van der Waals surface area contributed by atoms with Crippen molar-refractivity contribution < 1.29 is 4.79 Å². The van der Waals surface area contributed by atoms with Gasteiger partial charge in [0, 0.05) is 4.88 Å². The van der Waals surface area contributed by atoms with Gasteiger partial charge in [0.2, 0.25) is 5.91 Å². The summed E-state index contributed by atoms with van der Waals surface area (Å²) in [5, 5.41) is 5.27. The zero-order valence-corrected chi connectivity index (χ0v) is 12.4. The molecule has 1 N–H and O–H groups in total. The molecule has 2 unspecified atom stereocenters. The van der Waals surface area contributed by atoms with Crippen LogP contribution in [0.5, 0.6) is 0 Å². The predicted octanol–water partition coefficient (Wildman–Crippen LogP) is 3.88. The average Bonchev–Trinajstić information content (AvgIpc) is 2.98. The monoisotopic (exact) mass is 315 g/mol.